The van der Waals surface area contributed by atoms with Crippen molar-refractivity contribution < 1.29 is 18.7 Å². The molecule has 122 valence electrons. The van der Waals surface area contributed by atoms with Gasteiger partial charge in [0.25, 0.3) is 5.91 Å². The SMILES string of the molecule is Cc1cc(C)c(C(=O)N2C[C@H](O)C[C@H]2c2cc(F)ccc2F)[nH]1. The van der Waals surface area contributed by atoms with Crippen LogP contribution in [0.4, 0.5) is 8.78 Å². The second-order valence-electron chi connectivity index (χ2n) is 6.04. The summed E-state index contributed by atoms with van der Waals surface area (Å²) in [5.74, 6) is -1.47. The molecule has 2 aromatic rings. The van der Waals surface area contributed by atoms with E-state index in [4.69, 9.17) is 0 Å². The molecule has 0 radical (unpaired) electrons. The van der Waals surface area contributed by atoms with Gasteiger partial charge in [-0.05, 0) is 50.1 Å². The van der Waals surface area contributed by atoms with Crippen molar-refractivity contribution in [2.45, 2.75) is 32.4 Å². The maximum atomic E-state index is 14.1. The van der Waals surface area contributed by atoms with Crippen LogP contribution in [0.15, 0.2) is 24.3 Å². The molecule has 4 nitrogen and oxygen atoms in total. The van der Waals surface area contributed by atoms with Crippen molar-refractivity contribution in [3.8, 4) is 0 Å². The second kappa shape index (κ2) is 5.77. The van der Waals surface area contributed by atoms with E-state index in [1.807, 2.05) is 13.0 Å². The average molecular weight is 320 g/mol. The van der Waals surface area contributed by atoms with Crippen molar-refractivity contribution in [2.75, 3.05) is 6.54 Å². The molecule has 1 amide bonds. The molecule has 23 heavy (non-hydrogen) atoms. The molecule has 6 heteroatoms. The first-order valence-electron chi connectivity index (χ1n) is 7.47. The summed E-state index contributed by atoms with van der Waals surface area (Å²) >= 11 is 0. The first-order valence-corrected chi connectivity index (χ1v) is 7.47. The van der Waals surface area contributed by atoms with E-state index < -0.39 is 23.8 Å². The number of aromatic amines is 1. The molecular formula is C17H18F2N2O2. The molecule has 0 bridgehead atoms. The zero-order valence-corrected chi connectivity index (χ0v) is 12.9. The summed E-state index contributed by atoms with van der Waals surface area (Å²) in [5, 5.41) is 9.94. The molecule has 2 atom stereocenters. The van der Waals surface area contributed by atoms with Crippen LogP contribution in [0.25, 0.3) is 0 Å². The van der Waals surface area contributed by atoms with Gasteiger partial charge < -0.3 is 15.0 Å². The van der Waals surface area contributed by atoms with Gasteiger partial charge in [-0.15, -0.1) is 0 Å². The van der Waals surface area contributed by atoms with Crippen LogP contribution < -0.4 is 0 Å². The van der Waals surface area contributed by atoms with Crippen LogP contribution in [0.2, 0.25) is 0 Å². The van der Waals surface area contributed by atoms with Crippen LogP contribution in [0.3, 0.4) is 0 Å². The van der Waals surface area contributed by atoms with Gasteiger partial charge in [0, 0.05) is 17.8 Å². The van der Waals surface area contributed by atoms with Gasteiger partial charge in [0.1, 0.15) is 17.3 Å². The summed E-state index contributed by atoms with van der Waals surface area (Å²) in [7, 11) is 0. The summed E-state index contributed by atoms with van der Waals surface area (Å²) < 4.78 is 27.6. The monoisotopic (exact) mass is 320 g/mol. The average Bonchev–Trinajstić information content (AvgIpc) is 3.03. The molecule has 1 aliphatic heterocycles. The van der Waals surface area contributed by atoms with E-state index in [1.165, 1.54) is 4.90 Å². The number of amides is 1. The van der Waals surface area contributed by atoms with Crippen LogP contribution >= 0.6 is 0 Å². The maximum absolute atomic E-state index is 14.1. The fraction of sp³-hybridized carbons (Fsp3) is 0.353. The number of carbonyl (C=O) groups is 1. The minimum atomic E-state index is -0.761. The summed E-state index contributed by atoms with van der Waals surface area (Å²) in [6.45, 7) is 3.74. The number of likely N-dealkylation sites (tertiary alicyclic amines) is 1. The standard InChI is InChI=1S/C17H18F2N2O2/c1-9-5-10(2)20-16(9)17(23)21-8-12(22)7-15(21)13-6-11(18)3-4-14(13)19/h3-6,12,15,20,22H,7-8H2,1-2H3/t12-,15+/m1/s1. The summed E-state index contributed by atoms with van der Waals surface area (Å²) in [6, 6.07) is 4.33. The van der Waals surface area contributed by atoms with Gasteiger partial charge in [-0.2, -0.15) is 0 Å². The predicted octanol–water partition coefficient (Wildman–Crippen LogP) is 2.86. The zero-order chi connectivity index (χ0) is 16.7. The lowest BCUT2D eigenvalue weighted by atomic mass is 10.0. The third-order valence-corrected chi connectivity index (χ3v) is 4.22. The molecule has 1 aliphatic rings. The fourth-order valence-electron chi connectivity index (χ4n) is 3.20. The lowest BCUT2D eigenvalue weighted by Crippen LogP contribution is -2.32. The second-order valence-corrected chi connectivity index (χ2v) is 6.04. The van der Waals surface area contributed by atoms with Gasteiger partial charge in [-0.25, -0.2) is 8.78 Å². The number of carbonyl (C=O) groups excluding carboxylic acids is 1. The fourth-order valence-corrected chi connectivity index (χ4v) is 3.20. The predicted molar refractivity (Wildman–Crippen MR) is 81.0 cm³/mol. The number of aliphatic hydroxyl groups is 1. The Morgan fingerprint density at radius 1 is 1.30 bits per heavy atom. The Bertz CT molecular complexity index is 757. The van der Waals surface area contributed by atoms with Crippen LogP contribution in [0.1, 0.15) is 39.8 Å². The number of hydrogen-bond acceptors (Lipinski definition) is 2. The molecule has 1 aromatic heterocycles. The smallest absolute Gasteiger partial charge is 0.271 e. The highest BCUT2D eigenvalue weighted by Gasteiger charge is 2.38. The molecule has 0 unspecified atom stereocenters. The van der Waals surface area contributed by atoms with Crippen molar-refractivity contribution >= 4 is 5.91 Å². The minimum absolute atomic E-state index is 0.0934. The van der Waals surface area contributed by atoms with E-state index in [-0.39, 0.29) is 24.4 Å². The van der Waals surface area contributed by atoms with Gasteiger partial charge in [0.15, 0.2) is 0 Å². The summed E-state index contributed by atoms with van der Waals surface area (Å²) in [5.41, 5.74) is 2.14. The highest BCUT2D eigenvalue weighted by atomic mass is 19.1. The molecule has 0 spiro atoms. The number of H-pyrrole nitrogens is 1. The molecule has 3 rings (SSSR count). The molecule has 1 saturated heterocycles. The van der Waals surface area contributed by atoms with Gasteiger partial charge >= 0.3 is 0 Å². The Morgan fingerprint density at radius 3 is 2.70 bits per heavy atom. The Kier molecular flexibility index (Phi) is 3.93. The van der Waals surface area contributed by atoms with Crippen molar-refractivity contribution in [2.24, 2.45) is 0 Å². The van der Waals surface area contributed by atoms with Crippen molar-refractivity contribution in [1.82, 2.24) is 9.88 Å². The number of aryl methyl sites for hydroxylation is 2. The van der Waals surface area contributed by atoms with E-state index >= 15 is 0 Å². The van der Waals surface area contributed by atoms with E-state index in [0.717, 1.165) is 29.5 Å². The van der Waals surface area contributed by atoms with Crippen LogP contribution in [0, 0.1) is 25.5 Å². The topological polar surface area (TPSA) is 56.3 Å². The summed E-state index contributed by atoms with van der Waals surface area (Å²) in [4.78, 5) is 17.2. The number of hydrogen-bond donors (Lipinski definition) is 2. The first kappa shape index (κ1) is 15.7. The van der Waals surface area contributed by atoms with Crippen molar-refractivity contribution in [3.63, 3.8) is 0 Å². The third kappa shape index (κ3) is 2.86. The number of aliphatic hydroxyl groups excluding tert-OH is 1. The Balaban J connectivity index is 1.98. The van der Waals surface area contributed by atoms with Gasteiger partial charge in [-0.3, -0.25) is 4.79 Å². The Hall–Kier alpha value is -2.21. The lowest BCUT2D eigenvalue weighted by molar-refractivity contribution is 0.0707. The number of β-amino-alcohol motifs (C(OH)–C–C–N with tert-alkyl or cyclic N) is 1. The molecule has 2 heterocycles. The van der Waals surface area contributed by atoms with E-state index in [9.17, 15) is 18.7 Å². The van der Waals surface area contributed by atoms with Crippen molar-refractivity contribution in [1.29, 1.82) is 0 Å². The molecule has 0 aliphatic carbocycles. The number of benzene rings is 1. The molecule has 1 fully saturated rings. The number of aromatic nitrogens is 1. The first-order chi connectivity index (χ1) is 10.9. The maximum Gasteiger partial charge on any atom is 0.271 e. The number of rotatable bonds is 2. The number of halogens is 2. The highest BCUT2D eigenvalue weighted by Crippen LogP contribution is 2.35. The Morgan fingerprint density at radius 2 is 2.04 bits per heavy atom. The normalized spacial score (nSPS) is 21.0. The van der Waals surface area contributed by atoms with Gasteiger partial charge in [0.05, 0.1) is 12.1 Å². The zero-order valence-electron chi connectivity index (χ0n) is 12.9. The van der Waals surface area contributed by atoms with E-state index in [1.54, 1.807) is 6.92 Å². The molecule has 0 saturated carbocycles. The van der Waals surface area contributed by atoms with Gasteiger partial charge in [0.2, 0.25) is 0 Å². The molecule has 2 N–H and O–H groups in total. The quantitative estimate of drug-likeness (QED) is 0.894. The third-order valence-electron chi connectivity index (χ3n) is 4.22. The van der Waals surface area contributed by atoms with Crippen LogP contribution in [-0.4, -0.2) is 33.5 Å². The van der Waals surface area contributed by atoms with E-state index in [2.05, 4.69) is 4.98 Å². The van der Waals surface area contributed by atoms with Crippen LogP contribution in [0.5, 0.6) is 0 Å². The van der Waals surface area contributed by atoms with E-state index in [0.29, 0.717) is 5.69 Å². The summed E-state index contributed by atoms with van der Waals surface area (Å²) in [6.07, 6.45) is -0.576. The lowest BCUT2D eigenvalue weighted by Gasteiger charge is -2.25. The molecule has 1 aromatic carbocycles. The molecular weight excluding hydrogens is 302 g/mol. The minimum Gasteiger partial charge on any atom is -0.391 e. The van der Waals surface area contributed by atoms with Crippen molar-refractivity contribution in [3.05, 3.63) is 58.4 Å². The largest absolute Gasteiger partial charge is 0.391 e. The van der Waals surface area contributed by atoms with Crippen LogP contribution in [-0.2, 0) is 0 Å². The van der Waals surface area contributed by atoms with Gasteiger partial charge in [-0.1, -0.05) is 0 Å². The Labute approximate surface area is 132 Å². The highest BCUT2D eigenvalue weighted by molar-refractivity contribution is 5.94. The number of nitrogens with zero attached hydrogens (tertiary/aromatic N) is 1. The number of nitrogens with one attached hydrogen (secondary N) is 1.